The van der Waals surface area contributed by atoms with Gasteiger partial charge in [0.15, 0.2) is 0 Å². The highest BCUT2D eigenvalue weighted by Crippen LogP contribution is 2.08. The predicted octanol–water partition coefficient (Wildman–Crippen LogP) is 1.16. The molecule has 0 atom stereocenters. The van der Waals surface area contributed by atoms with Crippen LogP contribution in [0.25, 0.3) is 0 Å². The Bertz CT molecular complexity index is 524. The van der Waals surface area contributed by atoms with Crippen molar-refractivity contribution < 1.29 is 14.3 Å². The van der Waals surface area contributed by atoms with E-state index in [9.17, 15) is 9.18 Å². The number of carboxylic acid groups (broad SMARTS) is 1. The van der Waals surface area contributed by atoms with E-state index in [0.29, 0.717) is 5.56 Å². The van der Waals surface area contributed by atoms with Gasteiger partial charge in [-0.25, -0.2) is 18.9 Å². The van der Waals surface area contributed by atoms with Crippen molar-refractivity contribution in [2.75, 3.05) is 0 Å². The first-order valence-electron chi connectivity index (χ1n) is 4.53. The van der Waals surface area contributed by atoms with Crippen molar-refractivity contribution in [2.24, 2.45) is 0 Å². The summed E-state index contributed by atoms with van der Waals surface area (Å²) in [6.07, 6.45) is 1.13. The molecule has 0 bridgehead atoms. The van der Waals surface area contributed by atoms with Gasteiger partial charge < -0.3 is 5.11 Å². The van der Waals surface area contributed by atoms with Gasteiger partial charge in [0.2, 0.25) is 5.82 Å². The molecule has 0 radical (unpaired) electrons. The zero-order valence-electron chi connectivity index (χ0n) is 8.17. The summed E-state index contributed by atoms with van der Waals surface area (Å²) in [6.45, 7) is 0.0499. The molecule has 2 rings (SSSR count). The number of aromatic carboxylic acids is 1. The highest BCUT2D eigenvalue weighted by molar-refractivity contribution is 5.83. The summed E-state index contributed by atoms with van der Waals surface area (Å²) >= 11 is 0. The van der Waals surface area contributed by atoms with Crippen LogP contribution in [0, 0.1) is 5.82 Å². The summed E-state index contributed by atoms with van der Waals surface area (Å²) in [5, 5.41) is 12.5. The number of benzene rings is 1. The third kappa shape index (κ3) is 1.90. The van der Waals surface area contributed by atoms with Crippen molar-refractivity contribution in [1.29, 1.82) is 0 Å². The Morgan fingerprint density at radius 3 is 2.88 bits per heavy atom. The second-order valence-electron chi connectivity index (χ2n) is 3.14. The monoisotopic (exact) mass is 221 g/mol. The minimum Gasteiger partial charge on any atom is -0.475 e. The summed E-state index contributed by atoms with van der Waals surface area (Å²) < 4.78 is 14.4. The fraction of sp³-hybridized carbons (Fsp3) is 0.100. The Kier molecular flexibility index (Phi) is 2.63. The lowest BCUT2D eigenvalue weighted by molar-refractivity contribution is 0.0677. The first-order chi connectivity index (χ1) is 7.68. The second-order valence-corrected chi connectivity index (χ2v) is 3.14. The van der Waals surface area contributed by atoms with Crippen LogP contribution in [0.5, 0.6) is 0 Å². The van der Waals surface area contributed by atoms with Crippen LogP contribution >= 0.6 is 0 Å². The molecule has 1 heterocycles. The Morgan fingerprint density at radius 2 is 2.19 bits per heavy atom. The van der Waals surface area contributed by atoms with Gasteiger partial charge >= 0.3 is 5.97 Å². The van der Waals surface area contributed by atoms with Crippen LogP contribution in [0.3, 0.4) is 0 Å². The summed E-state index contributed by atoms with van der Waals surface area (Å²) in [5.41, 5.74) is 0.371. The summed E-state index contributed by atoms with van der Waals surface area (Å²) in [6, 6.07) is 6.13. The highest BCUT2D eigenvalue weighted by atomic mass is 19.1. The molecule has 0 fully saturated rings. The van der Waals surface area contributed by atoms with Crippen LogP contribution in [-0.2, 0) is 6.54 Å². The van der Waals surface area contributed by atoms with Gasteiger partial charge in [-0.05, 0) is 6.07 Å². The normalized spacial score (nSPS) is 10.3. The van der Waals surface area contributed by atoms with Gasteiger partial charge in [0.25, 0.3) is 0 Å². The van der Waals surface area contributed by atoms with E-state index in [-0.39, 0.29) is 12.4 Å². The predicted molar refractivity (Wildman–Crippen MR) is 52.5 cm³/mol. The highest BCUT2D eigenvalue weighted by Gasteiger charge is 2.13. The number of carbonyl (C=O) groups is 1. The number of aromatic nitrogens is 3. The lowest BCUT2D eigenvalue weighted by atomic mass is 10.2. The molecule has 0 aliphatic rings. The average molecular weight is 221 g/mol. The summed E-state index contributed by atoms with van der Waals surface area (Å²) in [4.78, 5) is 14.3. The molecule has 6 heteroatoms. The second kappa shape index (κ2) is 4.09. The Balaban J connectivity index is 2.31. The molecule has 0 unspecified atom stereocenters. The largest absolute Gasteiger partial charge is 0.475 e. The van der Waals surface area contributed by atoms with Crippen molar-refractivity contribution >= 4 is 5.97 Å². The van der Waals surface area contributed by atoms with Crippen LogP contribution < -0.4 is 0 Å². The van der Waals surface area contributed by atoms with E-state index >= 15 is 0 Å². The number of halogens is 1. The molecule has 0 amide bonds. The fourth-order valence-electron chi connectivity index (χ4n) is 1.33. The quantitative estimate of drug-likeness (QED) is 0.844. The number of hydrogen-bond donors (Lipinski definition) is 1. The van der Waals surface area contributed by atoms with E-state index in [2.05, 4.69) is 10.1 Å². The first-order valence-corrected chi connectivity index (χ1v) is 4.53. The van der Waals surface area contributed by atoms with Crippen molar-refractivity contribution in [3.8, 4) is 0 Å². The standard InChI is InChI=1S/C10H8FN3O2/c11-8-4-2-1-3-7(8)5-14-9(10(15)16)12-6-13-14/h1-4,6H,5H2,(H,15,16). The maximum Gasteiger partial charge on any atom is 0.373 e. The van der Waals surface area contributed by atoms with Crippen LogP contribution in [0.15, 0.2) is 30.6 Å². The van der Waals surface area contributed by atoms with E-state index in [4.69, 9.17) is 5.11 Å². The maximum atomic E-state index is 13.3. The van der Waals surface area contributed by atoms with Crippen LogP contribution in [0.1, 0.15) is 16.2 Å². The molecule has 16 heavy (non-hydrogen) atoms. The molecule has 1 aromatic carbocycles. The molecule has 1 aromatic heterocycles. The molecule has 0 aliphatic carbocycles. The molecule has 2 aromatic rings. The van der Waals surface area contributed by atoms with Crippen molar-refractivity contribution in [3.05, 3.63) is 47.8 Å². The lowest BCUT2D eigenvalue weighted by Gasteiger charge is -2.04. The first kappa shape index (κ1) is 10.3. The Morgan fingerprint density at radius 1 is 1.44 bits per heavy atom. The average Bonchev–Trinajstić information content (AvgIpc) is 2.69. The fourth-order valence-corrected chi connectivity index (χ4v) is 1.33. The molecule has 0 saturated heterocycles. The van der Waals surface area contributed by atoms with Gasteiger partial charge in [0, 0.05) is 5.56 Å². The zero-order chi connectivity index (χ0) is 11.5. The van der Waals surface area contributed by atoms with E-state index in [0.717, 1.165) is 11.0 Å². The summed E-state index contributed by atoms with van der Waals surface area (Å²) in [5.74, 6) is -1.79. The van der Waals surface area contributed by atoms with Gasteiger partial charge in [-0.2, -0.15) is 5.10 Å². The number of carboxylic acids is 1. The lowest BCUT2D eigenvalue weighted by Crippen LogP contribution is -2.12. The van der Waals surface area contributed by atoms with Crippen molar-refractivity contribution in [3.63, 3.8) is 0 Å². The topological polar surface area (TPSA) is 68.0 Å². The zero-order valence-corrected chi connectivity index (χ0v) is 8.17. The molecule has 0 spiro atoms. The van der Waals surface area contributed by atoms with E-state index in [1.807, 2.05) is 0 Å². The van der Waals surface area contributed by atoms with Crippen LogP contribution in [0.2, 0.25) is 0 Å². The Hall–Kier alpha value is -2.24. The number of nitrogens with zero attached hydrogens (tertiary/aromatic N) is 3. The van der Waals surface area contributed by atoms with Crippen molar-refractivity contribution in [2.45, 2.75) is 6.54 Å². The van der Waals surface area contributed by atoms with Gasteiger partial charge in [-0.15, -0.1) is 0 Å². The van der Waals surface area contributed by atoms with Gasteiger partial charge in [0.1, 0.15) is 12.1 Å². The van der Waals surface area contributed by atoms with Crippen molar-refractivity contribution in [1.82, 2.24) is 14.8 Å². The molecule has 0 saturated carbocycles. The van der Waals surface area contributed by atoms with Gasteiger partial charge in [-0.1, -0.05) is 18.2 Å². The van der Waals surface area contributed by atoms with E-state index in [1.54, 1.807) is 18.2 Å². The SMILES string of the molecule is O=C(O)c1ncnn1Cc1ccccc1F. The molecule has 0 aliphatic heterocycles. The van der Waals surface area contributed by atoms with Crippen LogP contribution in [-0.4, -0.2) is 25.8 Å². The third-order valence-electron chi connectivity index (χ3n) is 2.08. The smallest absolute Gasteiger partial charge is 0.373 e. The molecule has 82 valence electrons. The number of rotatable bonds is 3. The van der Waals surface area contributed by atoms with Gasteiger partial charge in [-0.3, -0.25) is 0 Å². The van der Waals surface area contributed by atoms with Gasteiger partial charge in [0.05, 0.1) is 6.54 Å². The van der Waals surface area contributed by atoms with Crippen LogP contribution in [0.4, 0.5) is 4.39 Å². The molecule has 1 N–H and O–H groups in total. The van der Waals surface area contributed by atoms with E-state index < -0.39 is 11.8 Å². The molecular formula is C10H8FN3O2. The Labute approximate surface area is 90.2 Å². The minimum atomic E-state index is -1.19. The van der Waals surface area contributed by atoms with E-state index in [1.165, 1.54) is 6.07 Å². The molecular weight excluding hydrogens is 213 g/mol. The molecule has 5 nitrogen and oxygen atoms in total. The summed E-state index contributed by atoms with van der Waals surface area (Å²) in [7, 11) is 0. The minimum absolute atomic E-state index is 0.0499. The number of hydrogen-bond acceptors (Lipinski definition) is 3. The third-order valence-corrected chi connectivity index (χ3v) is 2.08. The maximum absolute atomic E-state index is 13.3.